The highest BCUT2D eigenvalue weighted by Crippen LogP contribution is 2.19. The average Bonchev–Trinajstić information content (AvgIpc) is 2.86. The smallest absolute Gasteiger partial charge is 0.374 e. The van der Waals surface area contributed by atoms with E-state index < -0.39 is 5.97 Å². The Balaban J connectivity index is 2.03. The van der Waals surface area contributed by atoms with Gasteiger partial charge in [0.25, 0.3) is 0 Å². The van der Waals surface area contributed by atoms with E-state index >= 15 is 0 Å². The molecule has 2 aromatic rings. The van der Waals surface area contributed by atoms with Crippen LogP contribution >= 0.6 is 0 Å². The van der Waals surface area contributed by atoms with Crippen LogP contribution < -0.4 is 10.1 Å². The summed E-state index contributed by atoms with van der Waals surface area (Å²) < 4.78 is 15.8. The Bertz CT molecular complexity index is 618. The maximum absolute atomic E-state index is 11.5. The fraction of sp³-hybridized carbons (Fsp3) is 0.312. The van der Waals surface area contributed by atoms with Crippen molar-refractivity contribution >= 4 is 5.97 Å². The molecular formula is C16H19NO4. The molecule has 21 heavy (non-hydrogen) atoms. The van der Waals surface area contributed by atoms with Crippen molar-refractivity contribution in [1.82, 2.24) is 5.32 Å². The number of ether oxygens (including phenoxy) is 2. The van der Waals surface area contributed by atoms with Crippen molar-refractivity contribution in [2.75, 3.05) is 14.2 Å². The molecule has 5 nitrogen and oxygen atoms in total. The van der Waals surface area contributed by atoms with Crippen LogP contribution in [0.5, 0.6) is 5.75 Å². The summed E-state index contributed by atoms with van der Waals surface area (Å²) in [5.41, 5.74) is 1.88. The molecular weight excluding hydrogens is 270 g/mol. The summed E-state index contributed by atoms with van der Waals surface area (Å²) in [5.74, 6) is 1.10. The van der Waals surface area contributed by atoms with E-state index in [0.717, 1.165) is 23.4 Å². The van der Waals surface area contributed by atoms with Crippen LogP contribution in [0.25, 0.3) is 0 Å². The number of methoxy groups -OCH3 is 1. The van der Waals surface area contributed by atoms with E-state index in [0.29, 0.717) is 5.76 Å². The average molecular weight is 289 g/mol. The third kappa shape index (κ3) is 3.86. The van der Waals surface area contributed by atoms with E-state index in [1.165, 1.54) is 7.11 Å². The van der Waals surface area contributed by atoms with Gasteiger partial charge >= 0.3 is 5.97 Å². The predicted octanol–water partition coefficient (Wildman–Crippen LogP) is 2.67. The van der Waals surface area contributed by atoms with Crippen molar-refractivity contribution in [3.05, 3.63) is 53.0 Å². The molecule has 1 N–H and O–H groups in total. The molecule has 0 spiro atoms. The standard InChI is InChI=1S/C16H19NO4/c1-11-7-14(21-15(11)16(18)19-3)10-20-13-6-4-5-12(8-13)9-17-2/h4-8,17H,9-10H2,1-3H3. The topological polar surface area (TPSA) is 60.7 Å². The lowest BCUT2D eigenvalue weighted by atomic mass is 10.2. The first-order chi connectivity index (χ1) is 10.1. The van der Waals surface area contributed by atoms with Gasteiger partial charge in [-0.05, 0) is 37.7 Å². The summed E-state index contributed by atoms with van der Waals surface area (Å²) in [5, 5.41) is 3.09. The third-order valence-corrected chi connectivity index (χ3v) is 3.00. The van der Waals surface area contributed by atoms with Gasteiger partial charge in [0.2, 0.25) is 5.76 Å². The fourth-order valence-corrected chi connectivity index (χ4v) is 2.02. The second-order valence-electron chi connectivity index (χ2n) is 4.68. The van der Waals surface area contributed by atoms with E-state index in [9.17, 15) is 4.79 Å². The molecule has 0 saturated heterocycles. The Morgan fingerprint density at radius 2 is 2.14 bits per heavy atom. The van der Waals surface area contributed by atoms with Crippen LogP contribution in [0.3, 0.4) is 0 Å². The third-order valence-electron chi connectivity index (χ3n) is 3.00. The molecule has 5 heteroatoms. The van der Waals surface area contributed by atoms with Gasteiger partial charge < -0.3 is 19.2 Å². The zero-order valence-electron chi connectivity index (χ0n) is 12.4. The number of hydrogen-bond donors (Lipinski definition) is 1. The molecule has 1 aromatic heterocycles. The normalized spacial score (nSPS) is 10.4. The first-order valence-electron chi connectivity index (χ1n) is 6.68. The van der Waals surface area contributed by atoms with E-state index in [1.807, 2.05) is 31.3 Å². The Morgan fingerprint density at radius 1 is 1.33 bits per heavy atom. The van der Waals surface area contributed by atoms with Crippen LogP contribution in [0.1, 0.15) is 27.4 Å². The molecule has 0 fully saturated rings. The molecule has 0 aliphatic rings. The number of esters is 1. The van der Waals surface area contributed by atoms with Gasteiger partial charge in [-0.15, -0.1) is 0 Å². The Morgan fingerprint density at radius 3 is 2.86 bits per heavy atom. The van der Waals surface area contributed by atoms with E-state index in [2.05, 4.69) is 10.1 Å². The quantitative estimate of drug-likeness (QED) is 0.828. The fourth-order valence-electron chi connectivity index (χ4n) is 2.02. The maximum atomic E-state index is 11.5. The summed E-state index contributed by atoms with van der Waals surface area (Å²) in [4.78, 5) is 11.5. The molecule has 0 aliphatic heterocycles. The number of furan rings is 1. The molecule has 0 atom stereocenters. The molecule has 1 aromatic carbocycles. The van der Waals surface area contributed by atoms with Crippen LogP contribution in [0, 0.1) is 6.92 Å². The molecule has 2 rings (SSSR count). The lowest BCUT2D eigenvalue weighted by Crippen LogP contribution is -2.05. The molecule has 1 heterocycles. The monoisotopic (exact) mass is 289 g/mol. The highest BCUT2D eigenvalue weighted by molar-refractivity contribution is 5.87. The maximum Gasteiger partial charge on any atom is 0.374 e. The number of aryl methyl sites for hydroxylation is 1. The zero-order chi connectivity index (χ0) is 15.2. The van der Waals surface area contributed by atoms with E-state index in [1.54, 1.807) is 13.0 Å². The summed E-state index contributed by atoms with van der Waals surface area (Å²) in [6.07, 6.45) is 0. The lowest BCUT2D eigenvalue weighted by molar-refractivity contribution is 0.0560. The van der Waals surface area contributed by atoms with Crippen LogP contribution in [0.2, 0.25) is 0 Å². The Kier molecular flexibility index (Phi) is 5.00. The minimum atomic E-state index is -0.477. The number of rotatable bonds is 6. The first kappa shape index (κ1) is 15.1. The van der Waals surface area contributed by atoms with Crippen molar-refractivity contribution in [3.8, 4) is 5.75 Å². The molecule has 112 valence electrons. The van der Waals surface area contributed by atoms with Crippen LogP contribution in [0.4, 0.5) is 0 Å². The molecule has 0 amide bonds. The lowest BCUT2D eigenvalue weighted by Gasteiger charge is -2.06. The van der Waals surface area contributed by atoms with Crippen molar-refractivity contribution in [3.63, 3.8) is 0 Å². The highest BCUT2D eigenvalue weighted by Gasteiger charge is 2.16. The van der Waals surface area contributed by atoms with Crippen molar-refractivity contribution in [1.29, 1.82) is 0 Å². The summed E-state index contributed by atoms with van der Waals surface area (Å²) in [6, 6.07) is 9.60. The minimum Gasteiger partial charge on any atom is -0.486 e. The van der Waals surface area contributed by atoms with Crippen LogP contribution in [-0.2, 0) is 17.9 Å². The van der Waals surface area contributed by atoms with Crippen molar-refractivity contribution in [2.24, 2.45) is 0 Å². The van der Waals surface area contributed by atoms with Crippen molar-refractivity contribution in [2.45, 2.75) is 20.1 Å². The van der Waals surface area contributed by atoms with E-state index in [4.69, 9.17) is 9.15 Å². The number of hydrogen-bond acceptors (Lipinski definition) is 5. The van der Waals surface area contributed by atoms with Gasteiger partial charge in [-0.3, -0.25) is 0 Å². The predicted molar refractivity (Wildman–Crippen MR) is 78.3 cm³/mol. The van der Waals surface area contributed by atoms with Gasteiger partial charge in [0, 0.05) is 12.1 Å². The molecule has 0 aliphatic carbocycles. The summed E-state index contributed by atoms with van der Waals surface area (Å²) >= 11 is 0. The summed E-state index contributed by atoms with van der Waals surface area (Å²) in [7, 11) is 3.22. The summed E-state index contributed by atoms with van der Waals surface area (Å²) in [6.45, 7) is 2.84. The van der Waals surface area contributed by atoms with Crippen LogP contribution in [0.15, 0.2) is 34.7 Å². The number of nitrogens with one attached hydrogen (secondary N) is 1. The molecule has 0 radical (unpaired) electrons. The molecule has 0 bridgehead atoms. The number of carbonyl (C=O) groups excluding carboxylic acids is 1. The molecule has 0 saturated carbocycles. The molecule has 0 unspecified atom stereocenters. The number of benzene rings is 1. The van der Waals surface area contributed by atoms with E-state index in [-0.39, 0.29) is 12.4 Å². The zero-order valence-corrected chi connectivity index (χ0v) is 12.4. The SMILES string of the molecule is CNCc1cccc(OCc2cc(C)c(C(=O)OC)o2)c1. The van der Waals surface area contributed by atoms with Crippen molar-refractivity contribution < 1.29 is 18.7 Å². The van der Waals surface area contributed by atoms with Gasteiger partial charge in [0.05, 0.1) is 7.11 Å². The van der Waals surface area contributed by atoms with Crippen LogP contribution in [-0.4, -0.2) is 20.1 Å². The van der Waals surface area contributed by atoms with Gasteiger partial charge in [0.1, 0.15) is 18.1 Å². The second-order valence-corrected chi connectivity index (χ2v) is 4.68. The Hall–Kier alpha value is -2.27. The van der Waals surface area contributed by atoms with Gasteiger partial charge in [-0.1, -0.05) is 12.1 Å². The first-order valence-corrected chi connectivity index (χ1v) is 6.68. The highest BCUT2D eigenvalue weighted by atomic mass is 16.5. The Labute approximate surface area is 123 Å². The largest absolute Gasteiger partial charge is 0.486 e. The second kappa shape index (κ2) is 6.95. The van der Waals surface area contributed by atoms with Gasteiger partial charge in [0.15, 0.2) is 0 Å². The number of carbonyl (C=O) groups is 1. The van der Waals surface area contributed by atoms with Gasteiger partial charge in [-0.2, -0.15) is 0 Å². The van der Waals surface area contributed by atoms with Gasteiger partial charge in [-0.25, -0.2) is 4.79 Å². The minimum absolute atomic E-state index is 0.222.